The first-order chi connectivity index (χ1) is 13.6. The number of hydrogen-bond acceptors (Lipinski definition) is 3. The number of benzene rings is 1. The molecule has 1 aromatic heterocycles. The zero-order valence-electron chi connectivity index (χ0n) is 17.1. The Kier molecular flexibility index (Phi) is 5.98. The molecule has 156 valence electrons. The minimum absolute atomic E-state index is 0.243. The van der Waals surface area contributed by atoms with Crippen molar-refractivity contribution >= 4 is 23.4 Å². The van der Waals surface area contributed by atoms with E-state index in [1.54, 1.807) is 12.1 Å². The number of nitrogens with zero attached hydrogens (tertiary/aromatic N) is 2. The van der Waals surface area contributed by atoms with Gasteiger partial charge in [0.25, 0.3) is 5.91 Å². The number of fused-ring (bicyclic) bond motifs is 1. The molecule has 0 bridgehead atoms. The number of rotatable bonds is 4. The van der Waals surface area contributed by atoms with Crippen molar-refractivity contribution in [3.05, 3.63) is 40.4 Å². The van der Waals surface area contributed by atoms with Crippen molar-refractivity contribution in [2.45, 2.75) is 52.6 Å². The van der Waals surface area contributed by atoms with Gasteiger partial charge in [0.05, 0.1) is 11.3 Å². The fourth-order valence-electron chi connectivity index (χ4n) is 3.62. The van der Waals surface area contributed by atoms with Crippen LogP contribution < -0.4 is 10.6 Å². The maximum absolute atomic E-state index is 14.5. The lowest BCUT2D eigenvalue weighted by atomic mass is 9.86. The van der Waals surface area contributed by atoms with E-state index in [1.165, 1.54) is 13.1 Å². The summed E-state index contributed by atoms with van der Waals surface area (Å²) in [6, 6.07) is 3.69. The van der Waals surface area contributed by atoms with Crippen LogP contribution in [-0.2, 0) is 17.8 Å². The van der Waals surface area contributed by atoms with Gasteiger partial charge < -0.3 is 15.2 Å². The van der Waals surface area contributed by atoms with Crippen LogP contribution in [0.5, 0.6) is 0 Å². The van der Waals surface area contributed by atoms with Crippen LogP contribution in [0.25, 0.3) is 11.4 Å². The predicted octanol–water partition coefficient (Wildman–Crippen LogP) is 3.57. The van der Waals surface area contributed by atoms with E-state index in [0.717, 1.165) is 18.5 Å². The maximum Gasteiger partial charge on any atom is 0.272 e. The summed E-state index contributed by atoms with van der Waals surface area (Å²) in [7, 11) is 1.53. The van der Waals surface area contributed by atoms with Gasteiger partial charge in [-0.15, -0.1) is 0 Å². The molecule has 0 unspecified atom stereocenters. The van der Waals surface area contributed by atoms with Crippen molar-refractivity contribution in [1.82, 2.24) is 20.2 Å². The first-order valence-corrected chi connectivity index (χ1v) is 10.1. The molecule has 29 heavy (non-hydrogen) atoms. The number of nitrogens with one attached hydrogen (secondary N) is 2. The van der Waals surface area contributed by atoms with Gasteiger partial charge in [0.2, 0.25) is 5.91 Å². The zero-order chi connectivity index (χ0) is 21.3. The normalized spacial score (nSPS) is 14.8. The van der Waals surface area contributed by atoms with Crippen LogP contribution in [0.3, 0.4) is 0 Å². The van der Waals surface area contributed by atoms with E-state index in [-0.39, 0.29) is 11.6 Å². The molecule has 0 saturated heterocycles. The smallest absolute Gasteiger partial charge is 0.272 e. The number of carbonyl (C=O) groups is 2. The first kappa shape index (κ1) is 21.3. The molecule has 1 aliphatic heterocycles. The minimum Gasteiger partial charge on any atom is -0.357 e. The number of likely N-dealkylation sites (N-methyl/N-ethyl adjacent to an activating group) is 1. The maximum atomic E-state index is 14.5. The van der Waals surface area contributed by atoms with Gasteiger partial charge in [0.15, 0.2) is 0 Å². The molecule has 0 saturated carbocycles. The second-order valence-electron chi connectivity index (χ2n) is 8.35. The molecule has 2 heterocycles. The fraction of sp³-hybridized carbons (Fsp3) is 0.476. The van der Waals surface area contributed by atoms with Gasteiger partial charge in [-0.1, -0.05) is 32.4 Å². The summed E-state index contributed by atoms with van der Waals surface area (Å²) < 4.78 is 16.4. The van der Waals surface area contributed by atoms with Crippen molar-refractivity contribution in [1.29, 1.82) is 0 Å². The zero-order valence-corrected chi connectivity index (χ0v) is 17.9. The molecule has 2 N–H and O–H groups in total. The van der Waals surface area contributed by atoms with E-state index in [2.05, 4.69) is 15.6 Å². The highest BCUT2D eigenvalue weighted by Gasteiger charge is 2.34. The van der Waals surface area contributed by atoms with Crippen molar-refractivity contribution in [2.75, 3.05) is 7.05 Å². The average molecular weight is 421 g/mol. The summed E-state index contributed by atoms with van der Waals surface area (Å²) >= 11 is 5.88. The highest BCUT2D eigenvalue weighted by Crippen LogP contribution is 2.31. The second-order valence-corrected chi connectivity index (χ2v) is 8.79. The van der Waals surface area contributed by atoms with Crippen LogP contribution in [0.15, 0.2) is 18.2 Å². The lowest BCUT2D eigenvalue weighted by Gasteiger charge is -2.29. The van der Waals surface area contributed by atoms with E-state index in [0.29, 0.717) is 29.4 Å². The molecule has 0 spiro atoms. The molecule has 2 amide bonds. The molecule has 1 atom stereocenters. The molecule has 0 aliphatic carbocycles. The standard InChI is InChI=1S/C21H26ClFN4O2/c1-21(2,3)17(20(29)24-4)26-19(28)16-15-7-5-6-10-27(15)18(25-16)13-9-8-12(22)11-14(13)23/h8-9,11,17H,5-7,10H2,1-4H3,(H,24,29)(H,26,28)/t17-/m1/s1. The molecule has 0 fully saturated rings. The molecule has 6 nitrogen and oxygen atoms in total. The lowest BCUT2D eigenvalue weighted by Crippen LogP contribution is -2.53. The van der Waals surface area contributed by atoms with Gasteiger partial charge >= 0.3 is 0 Å². The third kappa shape index (κ3) is 4.29. The third-order valence-electron chi connectivity index (χ3n) is 5.15. The third-order valence-corrected chi connectivity index (χ3v) is 5.39. The summed E-state index contributed by atoms with van der Waals surface area (Å²) in [6.45, 7) is 6.30. The first-order valence-electron chi connectivity index (χ1n) is 9.70. The van der Waals surface area contributed by atoms with Crippen LogP contribution in [0.1, 0.15) is 49.8 Å². The largest absolute Gasteiger partial charge is 0.357 e. The van der Waals surface area contributed by atoms with E-state index >= 15 is 0 Å². The van der Waals surface area contributed by atoms with Gasteiger partial charge in [-0.2, -0.15) is 0 Å². The molecule has 0 radical (unpaired) electrons. The van der Waals surface area contributed by atoms with E-state index < -0.39 is 23.2 Å². The average Bonchev–Trinajstić information content (AvgIpc) is 3.04. The number of aromatic nitrogens is 2. The number of halogens is 2. The Hall–Kier alpha value is -2.41. The minimum atomic E-state index is -0.725. The highest BCUT2D eigenvalue weighted by atomic mass is 35.5. The van der Waals surface area contributed by atoms with E-state index in [4.69, 9.17) is 11.6 Å². The number of amides is 2. The molecule has 1 aliphatic rings. The summed E-state index contributed by atoms with van der Waals surface area (Å²) in [4.78, 5) is 29.9. The van der Waals surface area contributed by atoms with Crippen LogP contribution >= 0.6 is 11.6 Å². The topological polar surface area (TPSA) is 76.0 Å². The number of hydrogen-bond donors (Lipinski definition) is 2. The van der Waals surface area contributed by atoms with Crippen LogP contribution in [-0.4, -0.2) is 34.5 Å². The molecule has 2 aromatic rings. The predicted molar refractivity (Wildman–Crippen MR) is 110 cm³/mol. The van der Waals surface area contributed by atoms with Crippen molar-refractivity contribution < 1.29 is 14.0 Å². The van der Waals surface area contributed by atoms with Gasteiger partial charge in [-0.25, -0.2) is 9.37 Å². The Morgan fingerprint density at radius 1 is 1.28 bits per heavy atom. The molecular weight excluding hydrogens is 395 g/mol. The quantitative estimate of drug-likeness (QED) is 0.793. The van der Waals surface area contributed by atoms with Crippen LogP contribution in [0.2, 0.25) is 5.02 Å². The fourth-order valence-corrected chi connectivity index (χ4v) is 3.78. The molecule has 8 heteroatoms. The van der Waals surface area contributed by atoms with Gasteiger partial charge in [0.1, 0.15) is 23.4 Å². The summed E-state index contributed by atoms with van der Waals surface area (Å²) in [5.74, 6) is -0.783. The monoisotopic (exact) mass is 420 g/mol. The second kappa shape index (κ2) is 8.14. The van der Waals surface area contributed by atoms with Gasteiger partial charge in [-0.05, 0) is 42.9 Å². The Morgan fingerprint density at radius 2 is 2.00 bits per heavy atom. The Labute approximate surface area is 174 Å². The Bertz CT molecular complexity index is 949. The Morgan fingerprint density at radius 3 is 2.62 bits per heavy atom. The molecule has 3 rings (SSSR count). The highest BCUT2D eigenvalue weighted by molar-refractivity contribution is 6.30. The van der Waals surface area contributed by atoms with Crippen molar-refractivity contribution in [3.63, 3.8) is 0 Å². The van der Waals surface area contributed by atoms with Gasteiger partial charge in [0, 0.05) is 18.6 Å². The lowest BCUT2D eigenvalue weighted by molar-refractivity contribution is -0.124. The van der Waals surface area contributed by atoms with Crippen LogP contribution in [0, 0.1) is 11.2 Å². The van der Waals surface area contributed by atoms with E-state index in [9.17, 15) is 14.0 Å². The van der Waals surface area contributed by atoms with Crippen molar-refractivity contribution in [2.24, 2.45) is 5.41 Å². The Balaban J connectivity index is 2.03. The molecular formula is C21H26ClFN4O2. The SMILES string of the molecule is CNC(=O)[C@@H](NC(=O)c1nc(-c2ccc(Cl)cc2F)n2c1CCCC2)C(C)(C)C. The number of carbonyl (C=O) groups excluding carboxylic acids is 2. The van der Waals surface area contributed by atoms with Crippen LogP contribution in [0.4, 0.5) is 4.39 Å². The summed E-state index contributed by atoms with van der Waals surface area (Å²) in [5.41, 5.74) is 0.825. The summed E-state index contributed by atoms with van der Waals surface area (Å²) in [5, 5.41) is 5.71. The van der Waals surface area contributed by atoms with Crippen molar-refractivity contribution in [3.8, 4) is 11.4 Å². The summed E-state index contributed by atoms with van der Waals surface area (Å²) in [6.07, 6.45) is 2.52. The van der Waals surface area contributed by atoms with E-state index in [1.807, 2.05) is 25.3 Å². The molecule has 1 aromatic carbocycles. The number of imidazole rings is 1. The van der Waals surface area contributed by atoms with Gasteiger partial charge in [-0.3, -0.25) is 9.59 Å².